The van der Waals surface area contributed by atoms with Crippen molar-refractivity contribution in [2.75, 3.05) is 18.8 Å². The van der Waals surface area contributed by atoms with E-state index in [1.807, 2.05) is 49.4 Å². The minimum absolute atomic E-state index is 0.125. The number of aryl methyl sites for hydroxylation is 1. The minimum atomic E-state index is -0.915. The van der Waals surface area contributed by atoms with Crippen LogP contribution in [0.1, 0.15) is 22.6 Å². The number of hydrogen-bond acceptors (Lipinski definition) is 7. The highest BCUT2D eigenvalue weighted by Crippen LogP contribution is 2.55. The molecule has 38 heavy (non-hydrogen) atoms. The number of anilines is 1. The topological polar surface area (TPSA) is 91.4 Å². The number of carbonyl (C=O) groups excluding carboxylic acids is 3. The van der Waals surface area contributed by atoms with Crippen molar-refractivity contribution < 1.29 is 33.3 Å². The highest BCUT2D eigenvalue weighted by molar-refractivity contribution is 6.24. The molecule has 1 fully saturated rings. The maximum Gasteiger partial charge on any atom is 0.319 e. The third-order valence-electron chi connectivity index (χ3n) is 7.86. The quantitative estimate of drug-likeness (QED) is 0.296. The Morgan fingerprint density at radius 3 is 2.39 bits per heavy atom. The lowest BCUT2D eigenvalue weighted by Crippen LogP contribution is -2.42. The third kappa shape index (κ3) is 3.19. The van der Waals surface area contributed by atoms with Crippen LogP contribution < -0.4 is 23.8 Å². The normalized spacial score (nSPS) is 24.8. The molecule has 3 heterocycles. The van der Waals surface area contributed by atoms with E-state index in [1.54, 1.807) is 31.4 Å². The van der Waals surface area contributed by atoms with Crippen LogP contribution in [0.4, 0.5) is 5.69 Å². The largest absolute Gasteiger partial charge is 0.497 e. The highest BCUT2D eigenvalue weighted by Gasteiger charge is 2.60. The van der Waals surface area contributed by atoms with Gasteiger partial charge in [0, 0.05) is 11.5 Å². The lowest BCUT2D eigenvalue weighted by atomic mass is 9.64. The van der Waals surface area contributed by atoms with Crippen molar-refractivity contribution in [3.8, 4) is 23.0 Å². The second kappa shape index (κ2) is 8.21. The van der Waals surface area contributed by atoms with Gasteiger partial charge in [-0.1, -0.05) is 24.3 Å². The number of fused-ring (bicyclic) bond motifs is 6. The second-order valence-corrected chi connectivity index (χ2v) is 9.92. The molecule has 0 spiro atoms. The average Bonchev–Trinajstić information content (AvgIpc) is 3.50. The molecular weight excluding hydrogens is 486 g/mol. The number of imide groups is 1. The number of carbonyl (C=O) groups is 3. The van der Waals surface area contributed by atoms with Crippen molar-refractivity contribution in [1.82, 2.24) is 0 Å². The number of hydrogen-bond donors (Lipinski definition) is 0. The number of rotatable bonds is 3. The standard InChI is InChI=1S/C30H23NO7/c1-15-3-9-19-21-13-20(16-4-10-22-24(12-16)37-14-36-22)25-27(26(21)30(34)38-23(19)11-15)29(33)31(28(25)32)17-5-7-18(35-2)8-6-17/h3-13,20,25-27H,14H2,1-2H3/t20-,25-,26-,27+/m1/s1. The Balaban J connectivity index is 1.40. The summed E-state index contributed by atoms with van der Waals surface area (Å²) in [6.45, 7) is 2.05. The lowest BCUT2D eigenvalue weighted by molar-refractivity contribution is -0.142. The first-order valence-electron chi connectivity index (χ1n) is 12.4. The fourth-order valence-corrected chi connectivity index (χ4v) is 6.10. The number of ether oxygens (including phenoxy) is 4. The number of nitrogens with zero attached hydrogens (tertiary/aromatic N) is 1. The first-order chi connectivity index (χ1) is 18.4. The van der Waals surface area contributed by atoms with E-state index in [2.05, 4.69) is 0 Å². The molecule has 3 aromatic rings. The summed E-state index contributed by atoms with van der Waals surface area (Å²) in [6.07, 6.45) is 1.96. The van der Waals surface area contributed by atoms with Crippen LogP contribution in [0.5, 0.6) is 23.0 Å². The van der Waals surface area contributed by atoms with Crippen molar-refractivity contribution in [2.45, 2.75) is 12.8 Å². The first-order valence-corrected chi connectivity index (χ1v) is 12.4. The number of esters is 1. The van der Waals surface area contributed by atoms with E-state index in [-0.39, 0.29) is 12.7 Å². The van der Waals surface area contributed by atoms with Gasteiger partial charge >= 0.3 is 5.97 Å². The predicted octanol–water partition coefficient (Wildman–Crippen LogP) is 4.25. The molecule has 8 nitrogen and oxygen atoms in total. The molecule has 8 heteroatoms. The van der Waals surface area contributed by atoms with Gasteiger partial charge in [0.05, 0.1) is 30.6 Å². The second-order valence-electron chi connectivity index (χ2n) is 9.92. The van der Waals surface area contributed by atoms with E-state index in [4.69, 9.17) is 18.9 Å². The maximum absolute atomic E-state index is 14.0. The van der Waals surface area contributed by atoms with Crippen molar-refractivity contribution in [2.24, 2.45) is 17.8 Å². The van der Waals surface area contributed by atoms with Gasteiger partial charge in [0.25, 0.3) is 0 Å². The molecule has 3 aliphatic heterocycles. The van der Waals surface area contributed by atoms with Crippen LogP contribution in [0.2, 0.25) is 0 Å². The molecule has 4 aliphatic rings. The van der Waals surface area contributed by atoms with Crippen LogP contribution in [0, 0.1) is 24.7 Å². The summed E-state index contributed by atoms with van der Waals surface area (Å²) in [5.74, 6) is -2.08. The molecule has 0 aromatic heterocycles. The van der Waals surface area contributed by atoms with Crippen LogP contribution >= 0.6 is 0 Å². The Hall–Kier alpha value is -4.59. The summed E-state index contributed by atoms with van der Waals surface area (Å²) in [6, 6.07) is 18.0. The van der Waals surface area contributed by atoms with Crippen LogP contribution in [-0.4, -0.2) is 31.7 Å². The Labute approximate surface area is 218 Å². The average molecular weight is 510 g/mol. The zero-order valence-corrected chi connectivity index (χ0v) is 20.7. The molecular formula is C30H23NO7. The van der Waals surface area contributed by atoms with Gasteiger partial charge in [-0.25, -0.2) is 4.90 Å². The highest BCUT2D eigenvalue weighted by atomic mass is 16.7. The van der Waals surface area contributed by atoms with E-state index in [9.17, 15) is 14.4 Å². The van der Waals surface area contributed by atoms with Gasteiger partial charge in [-0.2, -0.15) is 0 Å². The minimum Gasteiger partial charge on any atom is -0.497 e. The molecule has 0 saturated carbocycles. The fraction of sp³-hybridized carbons (Fsp3) is 0.233. The van der Waals surface area contributed by atoms with Crippen LogP contribution in [0.3, 0.4) is 0 Å². The van der Waals surface area contributed by atoms with Gasteiger partial charge in [-0.05, 0) is 66.1 Å². The molecule has 0 bridgehead atoms. The van der Waals surface area contributed by atoms with Crippen LogP contribution in [0.25, 0.3) is 5.57 Å². The zero-order valence-electron chi connectivity index (χ0n) is 20.7. The van der Waals surface area contributed by atoms with Crippen molar-refractivity contribution in [3.05, 3.63) is 83.4 Å². The molecule has 1 saturated heterocycles. The summed E-state index contributed by atoms with van der Waals surface area (Å²) in [5, 5.41) is 0. The molecule has 7 rings (SSSR count). The van der Waals surface area contributed by atoms with E-state index in [0.717, 1.165) is 16.7 Å². The summed E-state index contributed by atoms with van der Waals surface area (Å²) < 4.78 is 22.1. The summed E-state index contributed by atoms with van der Waals surface area (Å²) in [7, 11) is 1.55. The van der Waals surface area contributed by atoms with Gasteiger partial charge < -0.3 is 18.9 Å². The Bertz CT molecular complexity index is 1560. The van der Waals surface area contributed by atoms with Crippen molar-refractivity contribution in [1.29, 1.82) is 0 Å². The van der Waals surface area contributed by atoms with E-state index >= 15 is 0 Å². The molecule has 0 N–H and O–H groups in total. The first kappa shape index (κ1) is 22.6. The number of methoxy groups -OCH3 is 1. The molecule has 1 aliphatic carbocycles. The van der Waals surface area contributed by atoms with Crippen molar-refractivity contribution >= 4 is 29.0 Å². The van der Waals surface area contributed by atoms with Gasteiger partial charge in [0.1, 0.15) is 11.5 Å². The SMILES string of the molecule is COc1ccc(N2C(=O)[C@@H]3[C@@H]4C(=O)Oc5cc(C)ccc5C4=C[C@H](c4ccc5c(c4)OCO5)[C@H]3C2=O)cc1. The predicted molar refractivity (Wildman–Crippen MR) is 136 cm³/mol. The maximum atomic E-state index is 14.0. The Morgan fingerprint density at radius 1 is 0.842 bits per heavy atom. The third-order valence-corrected chi connectivity index (χ3v) is 7.86. The Kier molecular flexibility index (Phi) is 4.88. The number of benzene rings is 3. The molecule has 3 aromatic carbocycles. The van der Waals surface area contributed by atoms with Gasteiger partial charge in [-0.15, -0.1) is 0 Å². The lowest BCUT2D eigenvalue weighted by Gasteiger charge is -2.38. The fourth-order valence-electron chi connectivity index (χ4n) is 6.10. The molecule has 2 amide bonds. The summed E-state index contributed by atoms with van der Waals surface area (Å²) in [5.41, 5.74) is 3.65. The number of allylic oxidation sites excluding steroid dienone is 1. The van der Waals surface area contributed by atoms with Crippen LogP contribution in [0.15, 0.2) is 66.7 Å². The van der Waals surface area contributed by atoms with Gasteiger partial charge in [-0.3, -0.25) is 14.4 Å². The van der Waals surface area contributed by atoms with Crippen molar-refractivity contribution in [3.63, 3.8) is 0 Å². The van der Waals surface area contributed by atoms with Crippen LogP contribution in [-0.2, 0) is 14.4 Å². The zero-order chi connectivity index (χ0) is 26.1. The molecule has 0 radical (unpaired) electrons. The van der Waals surface area contributed by atoms with E-state index < -0.39 is 35.5 Å². The Morgan fingerprint density at radius 2 is 1.61 bits per heavy atom. The monoisotopic (exact) mass is 509 g/mol. The summed E-state index contributed by atoms with van der Waals surface area (Å²) >= 11 is 0. The van der Waals surface area contributed by atoms with E-state index in [0.29, 0.717) is 34.3 Å². The molecule has 190 valence electrons. The van der Waals surface area contributed by atoms with Gasteiger partial charge in [0.2, 0.25) is 18.6 Å². The molecule has 0 unspecified atom stereocenters. The van der Waals surface area contributed by atoms with E-state index in [1.165, 1.54) is 4.90 Å². The molecule has 4 atom stereocenters. The van der Waals surface area contributed by atoms with Gasteiger partial charge in [0.15, 0.2) is 11.5 Å². The summed E-state index contributed by atoms with van der Waals surface area (Å²) in [4.78, 5) is 42.7. The number of amides is 2. The smallest absolute Gasteiger partial charge is 0.319 e.